The molecule has 0 bridgehead atoms. The van der Waals surface area contributed by atoms with Crippen LogP contribution in [0.25, 0.3) is 21.8 Å². The minimum atomic E-state index is -0.210. The van der Waals surface area contributed by atoms with Gasteiger partial charge >= 0.3 is 0 Å². The van der Waals surface area contributed by atoms with E-state index in [1.54, 1.807) is 12.3 Å². The number of para-hydroxylation sites is 2. The Morgan fingerprint density at radius 3 is 2.84 bits per heavy atom. The van der Waals surface area contributed by atoms with Gasteiger partial charge in [0.25, 0.3) is 5.91 Å². The molecule has 3 aromatic heterocycles. The molecule has 0 saturated heterocycles. The van der Waals surface area contributed by atoms with Crippen LogP contribution < -0.4 is 5.32 Å². The lowest BCUT2D eigenvalue weighted by Crippen LogP contribution is -2.25. The van der Waals surface area contributed by atoms with E-state index < -0.39 is 0 Å². The van der Waals surface area contributed by atoms with Gasteiger partial charge in [0.1, 0.15) is 11.5 Å². The van der Waals surface area contributed by atoms with Crippen LogP contribution in [-0.4, -0.2) is 20.4 Å². The van der Waals surface area contributed by atoms with Crippen LogP contribution >= 0.6 is 11.3 Å². The number of aromatic nitrogens is 3. The van der Waals surface area contributed by atoms with Crippen LogP contribution in [0.3, 0.4) is 0 Å². The van der Waals surface area contributed by atoms with Gasteiger partial charge < -0.3 is 14.3 Å². The largest absolute Gasteiger partial charge is 0.462 e. The van der Waals surface area contributed by atoms with Gasteiger partial charge in [-0.15, -0.1) is 11.3 Å². The number of hydrogen-bond donors (Lipinski definition) is 1. The fourth-order valence-electron chi connectivity index (χ4n) is 2.71. The molecule has 4 aromatic rings. The molecule has 0 aliphatic rings. The number of thiazole rings is 1. The van der Waals surface area contributed by atoms with Crippen LogP contribution in [0, 0.1) is 6.92 Å². The lowest BCUT2D eigenvalue weighted by molar-refractivity contribution is 0.0945. The minimum Gasteiger partial charge on any atom is -0.462 e. The molecule has 1 amide bonds. The Kier molecular flexibility index (Phi) is 3.85. The number of amides is 1. The van der Waals surface area contributed by atoms with E-state index in [2.05, 4.69) is 15.3 Å². The maximum Gasteiger partial charge on any atom is 0.271 e. The van der Waals surface area contributed by atoms with E-state index in [1.165, 1.54) is 11.3 Å². The fourth-order valence-corrected chi connectivity index (χ4v) is 3.59. The van der Waals surface area contributed by atoms with Crippen LogP contribution in [0.4, 0.5) is 0 Å². The Morgan fingerprint density at radius 2 is 2.08 bits per heavy atom. The number of imidazole rings is 1. The molecule has 0 spiro atoms. The molecule has 3 heterocycles. The molecule has 0 unspecified atom stereocenters. The lowest BCUT2D eigenvalue weighted by atomic mass is 10.3. The van der Waals surface area contributed by atoms with Crippen molar-refractivity contribution >= 4 is 28.3 Å². The molecule has 126 valence electrons. The molecule has 1 N–H and O–H groups in total. The van der Waals surface area contributed by atoms with Gasteiger partial charge in [0.15, 0.2) is 10.8 Å². The van der Waals surface area contributed by atoms with E-state index in [0.29, 0.717) is 23.0 Å². The predicted molar refractivity (Wildman–Crippen MR) is 96.4 cm³/mol. The summed E-state index contributed by atoms with van der Waals surface area (Å²) in [6.45, 7) is 2.23. The highest BCUT2D eigenvalue weighted by molar-refractivity contribution is 7.15. The van der Waals surface area contributed by atoms with Crippen molar-refractivity contribution in [2.45, 2.75) is 13.5 Å². The molecule has 0 aliphatic carbocycles. The second-order valence-corrected chi connectivity index (χ2v) is 6.86. The molecule has 7 heteroatoms. The van der Waals surface area contributed by atoms with Crippen molar-refractivity contribution in [3.8, 4) is 10.8 Å². The Balaban J connectivity index is 1.53. The van der Waals surface area contributed by atoms with Crippen molar-refractivity contribution in [1.29, 1.82) is 0 Å². The van der Waals surface area contributed by atoms with Crippen LogP contribution in [0.1, 0.15) is 21.2 Å². The number of benzene rings is 1. The topological polar surface area (TPSA) is 73.0 Å². The Bertz CT molecular complexity index is 1050. The van der Waals surface area contributed by atoms with E-state index >= 15 is 0 Å². The number of nitrogens with zero attached hydrogens (tertiary/aromatic N) is 3. The summed E-state index contributed by atoms with van der Waals surface area (Å²) in [5.74, 6) is 1.26. The highest BCUT2D eigenvalue weighted by Gasteiger charge is 2.18. The number of furan rings is 1. The first-order valence-corrected chi connectivity index (χ1v) is 8.65. The summed E-state index contributed by atoms with van der Waals surface area (Å²) in [4.78, 5) is 22.3. The fraction of sp³-hybridized carbons (Fsp3) is 0.167. The third-order valence-corrected chi connectivity index (χ3v) is 5.02. The third kappa shape index (κ3) is 2.83. The van der Waals surface area contributed by atoms with Crippen molar-refractivity contribution in [3.05, 3.63) is 59.1 Å². The van der Waals surface area contributed by atoms with Gasteiger partial charge in [-0.05, 0) is 31.2 Å². The number of nitrogens with one attached hydrogen (secondary N) is 1. The monoisotopic (exact) mass is 352 g/mol. The molecular weight excluding hydrogens is 336 g/mol. The highest BCUT2D eigenvalue weighted by atomic mass is 32.1. The summed E-state index contributed by atoms with van der Waals surface area (Å²) >= 11 is 1.44. The zero-order valence-corrected chi connectivity index (χ0v) is 14.6. The van der Waals surface area contributed by atoms with E-state index in [9.17, 15) is 4.79 Å². The summed E-state index contributed by atoms with van der Waals surface area (Å²) in [7, 11) is 1.94. The average Bonchev–Trinajstić information content (AvgIpc) is 3.33. The van der Waals surface area contributed by atoms with Crippen LogP contribution in [0.15, 0.2) is 47.1 Å². The molecule has 0 fully saturated rings. The summed E-state index contributed by atoms with van der Waals surface area (Å²) in [5.41, 5.74) is 2.38. The van der Waals surface area contributed by atoms with Crippen LogP contribution in [0.5, 0.6) is 0 Å². The molecule has 0 saturated carbocycles. The predicted octanol–water partition coefficient (Wildman–Crippen LogP) is 3.53. The van der Waals surface area contributed by atoms with Crippen LogP contribution in [-0.2, 0) is 13.6 Å². The number of rotatable bonds is 4. The van der Waals surface area contributed by atoms with Gasteiger partial charge in [0.05, 0.1) is 23.8 Å². The zero-order valence-electron chi connectivity index (χ0n) is 13.8. The van der Waals surface area contributed by atoms with E-state index in [-0.39, 0.29) is 5.91 Å². The first-order chi connectivity index (χ1) is 12.1. The van der Waals surface area contributed by atoms with Gasteiger partial charge in [0.2, 0.25) is 0 Å². The average molecular weight is 352 g/mol. The Hall–Kier alpha value is -2.93. The molecule has 4 rings (SSSR count). The smallest absolute Gasteiger partial charge is 0.271 e. The number of carbonyl (C=O) groups is 1. The Labute approximate surface area is 148 Å². The first-order valence-electron chi connectivity index (χ1n) is 7.83. The summed E-state index contributed by atoms with van der Waals surface area (Å²) in [6.07, 6.45) is 1.59. The molecule has 25 heavy (non-hydrogen) atoms. The zero-order chi connectivity index (χ0) is 17.4. The van der Waals surface area contributed by atoms with Crippen LogP contribution in [0.2, 0.25) is 0 Å². The van der Waals surface area contributed by atoms with Crippen molar-refractivity contribution in [3.63, 3.8) is 0 Å². The minimum absolute atomic E-state index is 0.210. The summed E-state index contributed by atoms with van der Waals surface area (Å²) < 4.78 is 7.33. The van der Waals surface area contributed by atoms with Crippen molar-refractivity contribution in [1.82, 2.24) is 19.9 Å². The molecule has 6 nitrogen and oxygen atoms in total. The van der Waals surface area contributed by atoms with E-state index in [4.69, 9.17) is 4.42 Å². The number of aryl methyl sites for hydroxylation is 2. The molecule has 0 aliphatic heterocycles. The van der Waals surface area contributed by atoms with E-state index in [1.807, 2.05) is 48.9 Å². The quantitative estimate of drug-likeness (QED) is 0.610. The van der Waals surface area contributed by atoms with Crippen molar-refractivity contribution in [2.75, 3.05) is 0 Å². The van der Waals surface area contributed by atoms with Crippen molar-refractivity contribution in [2.24, 2.45) is 7.05 Å². The standard InChI is InChI=1S/C18H16N4O2S/c1-11-16(21-18(25-11)14-8-5-9-24-14)17(23)19-10-15-20-12-6-3-4-7-13(12)22(15)2/h3-9H,10H2,1-2H3,(H,19,23). The van der Waals surface area contributed by atoms with Gasteiger partial charge in [-0.2, -0.15) is 0 Å². The molecule has 0 atom stereocenters. The lowest BCUT2D eigenvalue weighted by Gasteiger charge is -2.04. The van der Waals surface area contributed by atoms with Crippen molar-refractivity contribution < 1.29 is 9.21 Å². The second-order valence-electron chi connectivity index (χ2n) is 5.66. The highest BCUT2D eigenvalue weighted by Crippen LogP contribution is 2.27. The number of fused-ring (bicyclic) bond motifs is 1. The molecular formula is C18H16N4O2S. The normalized spacial score (nSPS) is 11.1. The van der Waals surface area contributed by atoms with Gasteiger partial charge in [-0.25, -0.2) is 9.97 Å². The number of carbonyl (C=O) groups excluding carboxylic acids is 1. The summed E-state index contributed by atoms with van der Waals surface area (Å²) in [6, 6.07) is 11.5. The molecule has 0 radical (unpaired) electrons. The third-order valence-electron chi connectivity index (χ3n) is 4.03. The summed E-state index contributed by atoms with van der Waals surface area (Å²) in [5, 5.41) is 3.61. The van der Waals surface area contributed by atoms with Gasteiger partial charge in [-0.1, -0.05) is 12.1 Å². The van der Waals surface area contributed by atoms with Gasteiger partial charge in [0, 0.05) is 11.9 Å². The molecule has 1 aromatic carbocycles. The van der Waals surface area contributed by atoms with E-state index in [0.717, 1.165) is 21.7 Å². The SMILES string of the molecule is Cc1sc(-c2ccco2)nc1C(=O)NCc1nc2ccccc2n1C. The maximum absolute atomic E-state index is 12.5. The first kappa shape index (κ1) is 15.6. The second kappa shape index (κ2) is 6.18. The number of hydrogen-bond acceptors (Lipinski definition) is 5. The maximum atomic E-state index is 12.5. The van der Waals surface area contributed by atoms with Gasteiger partial charge in [-0.3, -0.25) is 4.79 Å². The Morgan fingerprint density at radius 1 is 1.24 bits per heavy atom.